The lowest BCUT2D eigenvalue weighted by atomic mass is 10.00. The largest absolute Gasteiger partial charge is 0.489 e. The molecule has 1 atom stereocenters. The number of likely N-dealkylation sites (N-methyl/N-ethyl adjacent to an activating group) is 1. The number of aryl methyl sites for hydroxylation is 2. The summed E-state index contributed by atoms with van der Waals surface area (Å²) in [5.41, 5.74) is 4.97. The molecule has 0 bridgehead atoms. The van der Waals surface area contributed by atoms with E-state index in [9.17, 15) is 0 Å². The summed E-state index contributed by atoms with van der Waals surface area (Å²) in [7, 11) is 1.99. The van der Waals surface area contributed by atoms with Crippen LogP contribution in [-0.2, 0) is 6.61 Å². The molecule has 2 heteroatoms. The Kier molecular flexibility index (Phi) is 5.40. The highest BCUT2D eigenvalue weighted by atomic mass is 16.5. The third-order valence-corrected chi connectivity index (χ3v) is 3.80. The molecule has 0 aromatic heterocycles. The fourth-order valence-corrected chi connectivity index (χ4v) is 2.39. The maximum Gasteiger partial charge on any atom is 0.122 e. The molecular formula is C19H25NO. The third kappa shape index (κ3) is 4.33. The molecule has 2 aromatic carbocycles. The predicted molar refractivity (Wildman–Crippen MR) is 89.0 cm³/mol. The molecule has 2 nitrogen and oxygen atoms in total. The topological polar surface area (TPSA) is 21.3 Å². The minimum absolute atomic E-state index is 0.531. The molecule has 0 aliphatic rings. The molecule has 0 saturated heterocycles. The summed E-state index contributed by atoms with van der Waals surface area (Å²) in [6.45, 7) is 8.02. The molecule has 0 aliphatic heterocycles. The highest BCUT2D eigenvalue weighted by Gasteiger charge is 2.05. The van der Waals surface area contributed by atoms with Crippen LogP contribution in [0.2, 0.25) is 0 Å². The van der Waals surface area contributed by atoms with E-state index in [4.69, 9.17) is 4.74 Å². The molecule has 112 valence electrons. The van der Waals surface area contributed by atoms with Crippen molar-refractivity contribution in [2.45, 2.75) is 33.3 Å². The summed E-state index contributed by atoms with van der Waals surface area (Å²) in [5.74, 6) is 1.51. The molecule has 0 fully saturated rings. The van der Waals surface area contributed by atoms with E-state index >= 15 is 0 Å². The van der Waals surface area contributed by atoms with Gasteiger partial charge in [-0.3, -0.25) is 0 Å². The van der Waals surface area contributed by atoms with E-state index in [1.54, 1.807) is 0 Å². The van der Waals surface area contributed by atoms with E-state index in [1.807, 2.05) is 7.05 Å². The van der Waals surface area contributed by atoms with E-state index < -0.39 is 0 Å². The van der Waals surface area contributed by atoms with Gasteiger partial charge in [0.1, 0.15) is 12.4 Å². The lowest BCUT2D eigenvalue weighted by Gasteiger charge is -2.13. The first-order valence-electron chi connectivity index (χ1n) is 7.53. The first-order valence-corrected chi connectivity index (χ1v) is 7.53. The molecule has 0 aliphatic carbocycles. The van der Waals surface area contributed by atoms with Crippen molar-refractivity contribution in [3.05, 3.63) is 64.7 Å². The van der Waals surface area contributed by atoms with Gasteiger partial charge < -0.3 is 10.1 Å². The zero-order valence-corrected chi connectivity index (χ0v) is 13.4. The summed E-state index contributed by atoms with van der Waals surface area (Å²) < 4.78 is 5.94. The quantitative estimate of drug-likeness (QED) is 0.857. The summed E-state index contributed by atoms with van der Waals surface area (Å²) >= 11 is 0. The van der Waals surface area contributed by atoms with Crippen LogP contribution in [-0.4, -0.2) is 13.6 Å². The van der Waals surface area contributed by atoms with Gasteiger partial charge in [-0.05, 0) is 55.1 Å². The molecule has 2 rings (SSSR count). The second-order valence-electron chi connectivity index (χ2n) is 5.76. The first-order chi connectivity index (χ1) is 10.1. The molecule has 1 N–H and O–H groups in total. The van der Waals surface area contributed by atoms with Gasteiger partial charge in [0.2, 0.25) is 0 Å². The van der Waals surface area contributed by atoms with Crippen molar-refractivity contribution in [3.8, 4) is 5.75 Å². The van der Waals surface area contributed by atoms with Crippen LogP contribution in [0.25, 0.3) is 0 Å². The minimum atomic E-state index is 0.531. The Morgan fingerprint density at radius 3 is 2.43 bits per heavy atom. The number of hydrogen-bond donors (Lipinski definition) is 1. The van der Waals surface area contributed by atoms with Crippen LogP contribution < -0.4 is 10.1 Å². The van der Waals surface area contributed by atoms with Crippen molar-refractivity contribution in [1.82, 2.24) is 5.32 Å². The highest BCUT2D eigenvalue weighted by molar-refractivity contribution is 5.36. The first kappa shape index (κ1) is 15.6. The Bertz CT molecular complexity index is 575. The van der Waals surface area contributed by atoms with Crippen molar-refractivity contribution in [2.75, 3.05) is 13.6 Å². The van der Waals surface area contributed by atoms with Crippen LogP contribution in [0.5, 0.6) is 5.75 Å². The summed E-state index contributed by atoms with van der Waals surface area (Å²) in [4.78, 5) is 0. The summed E-state index contributed by atoms with van der Waals surface area (Å²) in [5, 5.41) is 3.21. The molecule has 2 aromatic rings. The third-order valence-electron chi connectivity index (χ3n) is 3.80. The van der Waals surface area contributed by atoms with Gasteiger partial charge in [-0.2, -0.15) is 0 Å². The highest BCUT2D eigenvalue weighted by Crippen LogP contribution is 2.21. The van der Waals surface area contributed by atoms with Gasteiger partial charge in [0, 0.05) is 6.54 Å². The van der Waals surface area contributed by atoms with Crippen LogP contribution in [0.1, 0.15) is 35.1 Å². The van der Waals surface area contributed by atoms with Crippen LogP contribution in [0.15, 0.2) is 42.5 Å². The number of ether oxygens (including phenoxy) is 1. The second kappa shape index (κ2) is 7.28. The van der Waals surface area contributed by atoms with Crippen molar-refractivity contribution in [3.63, 3.8) is 0 Å². The van der Waals surface area contributed by atoms with Gasteiger partial charge in [-0.15, -0.1) is 0 Å². The zero-order valence-electron chi connectivity index (χ0n) is 13.4. The van der Waals surface area contributed by atoms with Crippen molar-refractivity contribution < 1.29 is 4.74 Å². The Morgan fingerprint density at radius 1 is 1.05 bits per heavy atom. The number of rotatable bonds is 6. The van der Waals surface area contributed by atoms with Gasteiger partial charge >= 0.3 is 0 Å². The normalized spacial score (nSPS) is 12.2. The number of hydrogen-bond acceptors (Lipinski definition) is 2. The lowest BCUT2D eigenvalue weighted by molar-refractivity contribution is 0.304. The number of nitrogens with one attached hydrogen (secondary N) is 1. The van der Waals surface area contributed by atoms with Gasteiger partial charge in [0.05, 0.1) is 0 Å². The van der Waals surface area contributed by atoms with Crippen LogP contribution in [0.3, 0.4) is 0 Å². The van der Waals surface area contributed by atoms with Crippen molar-refractivity contribution in [2.24, 2.45) is 0 Å². The standard InChI is InChI=1S/C19H25NO/c1-14-5-6-15(2)19(11-14)21-13-17-7-9-18(10-8-17)16(3)12-20-4/h5-11,16,20H,12-13H2,1-4H3. The summed E-state index contributed by atoms with van der Waals surface area (Å²) in [6.07, 6.45) is 0. The molecule has 0 amide bonds. The summed E-state index contributed by atoms with van der Waals surface area (Å²) in [6, 6.07) is 15.0. The van der Waals surface area contributed by atoms with E-state index in [-0.39, 0.29) is 0 Å². The molecule has 0 saturated carbocycles. The van der Waals surface area contributed by atoms with E-state index in [0.717, 1.165) is 12.3 Å². The average Bonchev–Trinajstić information content (AvgIpc) is 2.49. The van der Waals surface area contributed by atoms with E-state index in [0.29, 0.717) is 12.5 Å². The van der Waals surface area contributed by atoms with Crippen molar-refractivity contribution in [1.29, 1.82) is 0 Å². The average molecular weight is 283 g/mol. The maximum absolute atomic E-state index is 5.94. The molecule has 0 heterocycles. The minimum Gasteiger partial charge on any atom is -0.489 e. The SMILES string of the molecule is CNCC(C)c1ccc(COc2cc(C)ccc2C)cc1. The van der Waals surface area contributed by atoms with Crippen LogP contribution in [0.4, 0.5) is 0 Å². The molecular weight excluding hydrogens is 258 g/mol. The lowest BCUT2D eigenvalue weighted by Crippen LogP contribution is -2.14. The van der Waals surface area contributed by atoms with Crippen molar-refractivity contribution >= 4 is 0 Å². The molecule has 21 heavy (non-hydrogen) atoms. The van der Waals surface area contributed by atoms with Gasteiger partial charge in [0.25, 0.3) is 0 Å². The van der Waals surface area contributed by atoms with E-state index in [1.165, 1.54) is 22.3 Å². The fourth-order valence-electron chi connectivity index (χ4n) is 2.39. The Morgan fingerprint density at radius 2 is 1.76 bits per heavy atom. The van der Waals surface area contributed by atoms with Gasteiger partial charge in [0.15, 0.2) is 0 Å². The monoisotopic (exact) mass is 283 g/mol. The van der Waals surface area contributed by atoms with Gasteiger partial charge in [-0.1, -0.05) is 43.3 Å². The van der Waals surface area contributed by atoms with Crippen LogP contribution in [0, 0.1) is 13.8 Å². The zero-order chi connectivity index (χ0) is 15.2. The predicted octanol–water partition coefficient (Wildman–Crippen LogP) is 4.21. The fraction of sp³-hybridized carbons (Fsp3) is 0.368. The van der Waals surface area contributed by atoms with Crippen LogP contribution >= 0.6 is 0 Å². The Balaban J connectivity index is 1.99. The number of benzene rings is 2. The Labute approximate surface area is 128 Å². The van der Waals surface area contributed by atoms with Gasteiger partial charge in [-0.25, -0.2) is 0 Å². The second-order valence-corrected chi connectivity index (χ2v) is 5.76. The molecule has 1 unspecified atom stereocenters. The maximum atomic E-state index is 5.94. The Hall–Kier alpha value is -1.80. The van der Waals surface area contributed by atoms with E-state index in [2.05, 4.69) is 68.6 Å². The molecule has 0 spiro atoms. The smallest absolute Gasteiger partial charge is 0.122 e. The molecule has 0 radical (unpaired) electrons.